The Morgan fingerprint density at radius 3 is 2.12 bits per heavy atom. The van der Waals surface area contributed by atoms with Crippen LogP contribution in [0.15, 0.2) is 90.8 Å². The predicted octanol–water partition coefficient (Wildman–Crippen LogP) is 8.93. The van der Waals surface area contributed by atoms with E-state index in [4.69, 9.17) is 5.11 Å². The molecule has 5 rings (SSSR count). The Morgan fingerprint density at radius 2 is 1.57 bits per heavy atom. The van der Waals surface area contributed by atoms with E-state index in [1.165, 1.54) is 28.1 Å². The van der Waals surface area contributed by atoms with E-state index in [0.29, 0.717) is 6.04 Å². The van der Waals surface area contributed by atoms with Gasteiger partial charge in [-0.2, -0.15) is 0 Å². The maximum atomic E-state index is 13.6. The molecule has 214 valence electrons. The zero-order chi connectivity index (χ0) is 29.7. The van der Waals surface area contributed by atoms with Gasteiger partial charge in [-0.15, -0.1) is 11.3 Å². The molecule has 6 heteroatoms. The van der Waals surface area contributed by atoms with Crippen molar-refractivity contribution in [2.75, 3.05) is 19.5 Å². The van der Waals surface area contributed by atoms with Crippen molar-refractivity contribution < 1.29 is 13.9 Å². The number of aliphatic hydroxyl groups excluding tert-OH is 1. The molecule has 3 N–H and O–H groups in total. The molecular weight excluding hydrogens is 522 g/mol. The van der Waals surface area contributed by atoms with Gasteiger partial charge in [0.1, 0.15) is 0 Å². The largest absolute Gasteiger partial charge is 0.400 e. The first-order chi connectivity index (χ1) is 19.2. The van der Waals surface area contributed by atoms with Crippen molar-refractivity contribution in [3.8, 4) is 11.1 Å². The fraction of sp³-hybridized carbons (Fsp3) is 0.294. The Bertz CT molecular complexity index is 1310. The summed E-state index contributed by atoms with van der Waals surface area (Å²) in [5.41, 5.74) is 7.32. The van der Waals surface area contributed by atoms with E-state index >= 15 is 0 Å². The molecule has 0 saturated heterocycles. The summed E-state index contributed by atoms with van der Waals surface area (Å²) >= 11 is 1.78. The quantitative estimate of drug-likeness (QED) is 0.219. The summed E-state index contributed by atoms with van der Waals surface area (Å²) in [4.78, 5) is 1.38. The first kappa shape index (κ1) is 32.9. The van der Waals surface area contributed by atoms with Crippen molar-refractivity contribution in [3.63, 3.8) is 0 Å². The molecule has 1 aliphatic rings. The van der Waals surface area contributed by atoms with Gasteiger partial charge >= 0.3 is 0 Å². The molecule has 0 radical (unpaired) electrons. The molecule has 0 spiro atoms. The first-order valence-corrected chi connectivity index (χ1v) is 14.4. The van der Waals surface area contributed by atoms with Gasteiger partial charge < -0.3 is 15.7 Å². The molecule has 0 aliphatic heterocycles. The Balaban J connectivity index is 0.000000482. The molecule has 1 aliphatic carbocycles. The van der Waals surface area contributed by atoms with Crippen LogP contribution < -0.4 is 10.6 Å². The highest BCUT2D eigenvalue weighted by atomic mass is 32.1. The zero-order valence-corrected chi connectivity index (χ0v) is 25.2. The summed E-state index contributed by atoms with van der Waals surface area (Å²) in [6.45, 7) is 11.3. The molecule has 1 atom stereocenters. The van der Waals surface area contributed by atoms with Crippen LogP contribution in [0.5, 0.6) is 0 Å². The van der Waals surface area contributed by atoms with Gasteiger partial charge in [-0.1, -0.05) is 81.1 Å². The highest BCUT2D eigenvalue weighted by Gasteiger charge is 2.24. The van der Waals surface area contributed by atoms with Crippen LogP contribution in [0.2, 0.25) is 0 Å². The molecular formula is C34H42F2N2OS. The van der Waals surface area contributed by atoms with E-state index < -0.39 is 5.92 Å². The predicted molar refractivity (Wildman–Crippen MR) is 169 cm³/mol. The number of aliphatic hydroxyl groups is 1. The number of alkyl halides is 2. The second-order valence-corrected chi connectivity index (χ2v) is 10.4. The van der Waals surface area contributed by atoms with E-state index in [1.807, 2.05) is 45.2 Å². The smallest absolute Gasteiger partial charge is 0.270 e. The van der Waals surface area contributed by atoms with Crippen LogP contribution in [-0.4, -0.2) is 25.3 Å². The van der Waals surface area contributed by atoms with Crippen molar-refractivity contribution in [3.05, 3.63) is 118 Å². The summed E-state index contributed by atoms with van der Waals surface area (Å²) in [5, 5.41) is 15.9. The van der Waals surface area contributed by atoms with Crippen molar-refractivity contribution in [1.29, 1.82) is 0 Å². The van der Waals surface area contributed by atoms with E-state index in [1.54, 1.807) is 23.5 Å². The molecule has 1 aromatic heterocycles. The third kappa shape index (κ3) is 9.12. The minimum absolute atomic E-state index is 0.0127. The van der Waals surface area contributed by atoms with E-state index in [-0.39, 0.29) is 5.56 Å². The average molecular weight is 565 g/mol. The number of nitrogens with one attached hydrogen (secondary N) is 2. The van der Waals surface area contributed by atoms with Crippen LogP contribution in [0.4, 0.5) is 14.5 Å². The maximum Gasteiger partial charge on any atom is 0.270 e. The molecule has 0 amide bonds. The second-order valence-electron chi connectivity index (χ2n) is 9.22. The lowest BCUT2D eigenvalue weighted by Gasteiger charge is -2.16. The Morgan fingerprint density at radius 1 is 0.925 bits per heavy atom. The maximum absolute atomic E-state index is 13.6. The van der Waals surface area contributed by atoms with Crippen LogP contribution in [0.3, 0.4) is 0 Å². The molecule has 40 heavy (non-hydrogen) atoms. The fourth-order valence-corrected chi connectivity index (χ4v) is 4.97. The van der Waals surface area contributed by atoms with Crippen LogP contribution in [0.25, 0.3) is 16.8 Å². The average Bonchev–Trinajstić information content (AvgIpc) is 3.63. The first-order valence-electron chi connectivity index (χ1n) is 13.5. The molecule has 0 fully saturated rings. The molecule has 1 heterocycles. The molecule has 3 nitrogen and oxygen atoms in total. The number of hydrogen-bond donors (Lipinski definition) is 3. The van der Waals surface area contributed by atoms with Gasteiger partial charge in [-0.05, 0) is 72.6 Å². The van der Waals surface area contributed by atoms with Crippen LogP contribution in [0, 0.1) is 6.92 Å². The van der Waals surface area contributed by atoms with Crippen molar-refractivity contribution in [1.82, 2.24) is 5.32 Å². The van der Waals surface area contributed by atoms with Gasteiger partial charge in [-0.25, -0.2) is 8.78 Å². The highest BCUT2D eigenvalue weighted by Crippen LogP contribution is 2.33. The molecule has 3 aromatic carbocycles. The summed E-state index contributed by atoms with van der Waals surface area (Å²) in [6.07, 6.45) is 2.08. The monoisotopic (exact) mass is 564 g/mol. The van der Waals surface area contributed by atoms with Gasteiger partial charge in [0.2, 0.25) is 0 Å². The third-order valence-corrected chi connectivity index (χ3v) is 7.26. The van der Waals surface area contributed by atoms with Gasteiger partial charge in [-0.3, -0.25) is 0 Å². The third-order valence-electron chi connectivity index (χ3n) is 6.46. The Labute approximate surface area is 242 Å². The molecule has 0 saturated carbocycles. The zero-order valence-electron chi connectivity index (χ0n) is 24.4. The van der Waals surface area contributed by atoms with Crippen LogP contribution >= 0.6 is 11.3 Å². The number of anilines is 1. The summed E-state index contributed by atoms with van der Waals surface area (Å²) in [5.74, 6) is -2.84. The molecule has 4 aromatic rings. The van der Waals surface area contributed by atoms with E-state index in [2.05, 4.69) is 59.8 Å². The van der Waals surface area contributed by atoms with Crippen molar-refractivity contribution >= 4 is 22.7 Å². The number of aryl methyl sites for hydroxylation is 1. The number of thiophene rings is 1. The lowest BCUT2D eigenvalue weighted by Crippen LogP contribution is -2.24. The lowest BCUT2D eigenvalue weighted by molar-refractivity contribution is 0.0175. The fourth-order valence-electron chi connectivity index (χ4n) is 4.44. The molecule has 1 unspecified atom stereocenters. The number of hydrogen-bond acceptors (Lipinski definition) is 4. The van der Waals surface area contributed by atoms with Crippen LogP contribution in [-0.2, 0) is 18.8 Å². The standard InChI is InChI=1S/C26H26F2N2.C5H6S.C2H6.CH4O/c1-17(30-22-13-10-19-14-23(29-3)16-20(19)15-22)24-6-4-5-7-25(24)18-8-11-21(12-9-18)26(2,27)28;1-5-3-2-4-6-5;2*1-2/h4-13,15,23,29-30H,1,14,16H2,2-3H3;2-4H,1H3;1-2H3;2H,1H3. The SMILES string of the molecule is C=C(Nc1ccc2c(c1)CC(NC)C2)c1ccccc1-c1ccc(C(C)(F)F)cc1.CC.CO.Cc1cccs1. The van der Waals surface area contributed by atoms with Crippen molar-refractivity contribution in [2.45, 2.75) is 52.5 Å². The highest BCUT2D eigenvalue weighted by molar-refractivity contribution is 7.09. The lowest BCUT2D eigenvalue weighted by atomic mass is 9.96. The van der Waals surface area contributed by atoms with E-state index in [0.717, 1.165) is 54.9 Å². The van der Waals surface area contributed by atoms with Gasteiger partial charge in [0, 0.05) is 47.5 Å². The van der Waals surface area contributed by atoms with Crippen LogP contribution in [0.1, 0.15) is 47.9 Å². The van der Waals surface area contributed by atoms with Gasteiger partial charge in [0.15, 0.2) is 0 Å². The number of likely N-dealkylation sites (N-methyl/N-ethyl adjacent to an activating group) is 1. The summed E-state index contributed by atoms with van der Waals surface area (Å²) in [7, 11) is 3.00. The molecule has 0 bridgehead atoms. The Hall–Kier alpha value is -3.32. The Kier molecular flexibility index (Phi) is 13.2. The van der Waals surface area contributed by atoms with Gasteiger partial charge in [0.25, 0.3) is 5.92 Å². The number of benzene rings is 3. The number of halogens is 2. The number of fused-ring (bicyclic) bond motifs is 1. The van der Waals surface area contributed by atoms with Gasteiger partial charge in [0.05, 0.1) is 0 Å². The summed E-state index contributed by atoms with van der Waals surface area (Å²) in [6, 6.07) is 25.5. The second kappa shape index (κ2) is 16.1. The number of rotatable bonds is 6. The normalized spacial score (nSPS) is 13.4. The summed E-state index contributed by atoms with van der Waals surface area (Å²) < 4.78 is 27.1. The topological polar surface area (TPSA) is 44.3 Å². The van der Waals surface area contributed by atoms with Crippen molar-refractivity contribution in [2.24, 2.45) is 0 Å². The minimum atomic E-state index is -2.84. The van der Waals surface area contributed by atoms with E-state index in [9.17, 15) is 8.78 Å². The minimum Gasteiger partial charge on any atom is -0.400 e.